The molecule has 3 heterocycles. The molecule has 0 unspecified atom stereocenters. The summed E-state index contributed by atoms with van der Waals surface area (Å²) in [6.07, 6.45) is 5.96. The lowest BCUT2D eigenvalue weighted by atomic mass is 10.0. The molecule has 0 bridgehead atoms. The van der Waals surface area contributed by atoms with Gasteiger partial charge >= 0.3 is 0 Å². The maximum Gasteiger partial charge on any atom is 0.252 e. The Kier molecular flexibility index (Phi) is 4.85. The van der Waals surface area contributed by atoms with Crippen molar-refractivity contribution in [1.82, 2.24) is 25.1 Å². The quantitative estimate of drug-likeness (QED) is 0.577. The second-order valence-electron chi connectivity index (χ2n) is 6.62. The summed E-state index contributed by atoms with van der Waals surface area (Å²) in [5, 5.41) is 8.21. The van der Waals surface area contributed by atoms with Crippen LogP contribution < -0.4 is 5.32 Å². The monoisotopic (exact) mass is 371 g/mol. The van der Waals surface area contributed by atoms with Gasteiger partial charge in [0, 0.05) is 36.6 Å². The van der Waals surface area contributed by atoms with Crippen LogP contribution in [0.4, 0.5) is 0 Å². The molecule has 0 radical (unpaired) electrons. The summed E-state index contributed by atoms with van der Waals surface area (Å²) in [4.78, 5) is 22.0. The number of carbonyl (C=O) groups is 1. The van der Waals surface area contributed by atoms with Crippen LogP contribution in [0.25, 0.3) is 22.2 Å². The summed E-state index contributed by atoms with van der Waals surface area (Å²) in [6.45, 7) is 2.05. The Morgan fingerprint density at radius 2 is 1.89 bits per heavy atom. The van der Waals surface area contributed by atoms with Crippen molar-refractivity contribution in [3.05, 3.63) is 78.4 Å². The van der Waals surface area contributed by atoms with Gasteiger partial charge in [0.2, 0.25) is 0 Å². The van der Waals surface area contributed by atoms with E-state index in [1.807, 2.05) is 62.5 Å². The lowest BCUT2D eigenvalue weighted by Crippen LogP contribution is -2.29. The van der Waals surface area contributed by atoms with Crippen molar-refractivity contribution in [1.29, 1.82) is 0 Å². The zero-order chi connectivity index (χ0) is 19.5. The topological polar surface area (TPSA) is 72.7 Å². The highest BCUT2D eigenvalue weighted by atomic mass is 16.1. The van der Waals surface area contributed by atoms with E-state index in [0.29, 0.717) is 5.56 Å². The number of nitrogens with zero attached hydrogens (tertiary/aromatic N) is 4. The molecular weight excluding hydrogens is 350 g/mol. The maximum atomic E-state index is 13.2. The van der Waals surface area contributed by atoms with E-state index in [-0.39, 0.29) is 11.9 Å². The third-order valence-electron chi connectivity index (χ3n) is 4.87. The van der Waals surface area contributed by atoms with Gasteiger partial charge in [0.25, 0.3) is 5.91 Å². The Morgan fingerprint density at radius 1 is 1.11 bits per heavy atom. The number of pyridine rings is 2. The molecule has 0 fully saturated rings. The first kappa shape index (κ1) is 17.9. The fraction of sp³-hybridized carbons (Fsp3) is 0.182. The maximum absolute atomic E-state index is 13.2. The normalized spacial score (nSPS) is 12.1. The Balaban J connectivity index is 1.76. The number of nitrogens with one attached hydrogen (secondary N) is 1. The number of rotatable bonds is 5. The molecule has 1 amide bonds. The van der Waals surface area contributed by atoms with Crippen LogP contribution in [0.1, 0.15) is 35.4 Å². The third-order valence-corrected chi connectivity index (χ3v) is 4.87. The number of hydrogen-bond donors (Lipinski definition) is 1. The van der Waals surface area contributed by atoms with E-state index >= 15 is 0 Å². The lowest BCUT2D eigenvalue weighted by Gasteiger charge is -2.18. The van der Waals surface area contributed by atoms with Crippen molar-refractivity contribution in [2.24, 2.45) is 7.05 Å². The highest BCUT2D eigenvalue weighted by Crippen LogP contribution is 2.25. The molecule has 0 aliphatic rings. The third kappa shape index (κ3) is 3.36. The molecule has 1 N–H and O–H groups in total. The summed E-state index contributed by atoms with van der Waals surface area (Å²) in [6, 6.07) is 15.2. The number of amides is 1. The zero-order valence-electron chi connectivity index (χ0n) is 15.8. The Hall–Kier alpha value is -3.54. The molecule has 0 saturated heterocycles. The predicted octanol–water partition coefficient (Wildman–Crippen LogP) is 3.91. The highest BCUT2D eigenvalue weighted by Gasteiger charge is 2.19. The van der Waals surface area contributed by atoms with Gasteiger partial charge < -0.3 is 5.32 Å². The molecule has 1 aromatic carbocycles. The van der Waals surface area contributed by atoms with Gasteiger partial charge in [-0.05, 0) is 36.8 Å². The van der Waals surface area contributed by atoms with Crippen molar-refractivity contribution >= 4 is 16.8 Å². The first-order chi connectivity index (χ1) is 13.7. The summed E-state index contributed by atoms with van der Waals surface area (Å²) in [5.41, 5.74) is 4.05. The first-order valence-corrected chi connectivity index (χ1v) is 9.26. The largest absolute Gasteiger partial charge is 0.344 e. The molecule has 4 rings (SSSR count). The van der Waals surface area contributed by atoms with Gasteiger partial charge in [-0.1, -0.05) is 25.1 Å². The average Bonchev–Trinajstić information content (AvgIpc) is 3.17. The average molecular weight is 371 g/mol. The van der Waals surface area contributed by atoms with E-state index in [2.05, 4.69) is 15.4 Å². The number of aryl methyl sites for hydroxylation is 1. The van der Waals surface area contributed by atoms with E-state index in [1.165, 1.54) is 0 Å². The zero-order valence-corrected chi connectivity index (χ0v) is 15.8. The minimum atomic E-state index is -0.123. The van der Waals surface area contributed by atoms with E-state index in [0.717, 1.165) is 34.3 Å². The van der Waals surface area contributed by atoms with E-state index < -0.39 is 0 Å². The van der Waals surface area contributed by atoms with Crippen LogP contribution in [-0.2, 0) is 7.05 Å². The summed E-state index contributed by atoms with van der Waals surface area (Å²) >= 11 is 0. The van der Waals surface area contributed by atoms with Crippen molar-refractivity contribution in [2.45, 2.75) is 19.4 Å². The van der Waals surface area contributed by atoms with Crippen molar-refractivity contribution in [3.8, 4) is 11.3 Å². The van der Waals surface area contributed by atoms with Gasteiger partial charge in [0.1, 0.15) is 0 Å². The van der Waals surface area contributed by atoms with Gasteiger partial charge in [-0.15, -0.1) is 0 Å². The fourth-order valence-corrected chi connectivity index (χ4v) is 3.38. The number of fused-ring (bicyclic) bond motifs is 1. The fourth-order valence-electron chi connectivity index (χ4n) is 3.38. The molecule has 140 valence electrons. The Morgan fingerprint density at radius 3 is 2.61 bits per heavy atom. The Bertz CT molecular complexity index is 1120. The molecule has 6 heteroatoms. The van der Waals surface area contributed by atoms with Crippen LogP contribution in [0.3, 0.4) is 0 Å². The summed E-state index contributed by atoms with van der Waals surface area (Å²) in [7, 11) is 1.88. The SMILES string of the molecule is CC[C@@H](NC(=O)c1cc(-c2ccncc2)nc2ccccc12)c1ccnn1C. The minimum absolute atomic E-state index is 0.115. The second-order valence-corrected chi connectivity index (χ2v) is 6.62. The summed E-state index contributed by atoms with van der Waals surface area (Å²) in [5.74, 6) is -0.123. The van der Waals surface area contributed by atoms with Gasteiger partial charge in [-0.2, -0.15) is 5.10 Å². The number of para-hydroxylation sites is 1. The predicted molar refractivity (Wildman–Crippen MR) is 109 cm³/mol. The molecule has 3 aromatic heterocycles. The molecule has 0 aliphatic heterocycles. The smallest absolute Gasteiger partial charge is 0.252 e. The van der Waals surface area contributed by atoms with E-state index in [9.17, 15) is 4.79 Å². The van der Waals surface area contributed by atoms with Crippen LogP contribution >= 0.6 is 0 Å². The van der Waals surface area contributed by atoms with Crippen LogP contribution in [-0.4, -0.2) is 25.7 Å². The number of aromatic nitrogens is 4. The van der Waals surface area contributed by atoms with Crippen LogP contribution in [0, 0.1) is 0 Å². The first-order valence-electron chi connectivity index (χ1n) is 9.26. The van der Waals surface area contributed by atoms with Gasteiger partial charge in [0.05, 0.1) is 28.5 Å². The minimum Gasteiger partial charge on any atom is -0.344 e. The van der Waals surface area contributed by atoms with Gasteiger partial charge in [-0.25, -0.2) is 4.98 Å². The van der Waals surface area contributed by atoms with Crippen LogP contribution in [0.15, 0.2) is 67.1 Å². The van der Waals surface area contributed by atoms with Crippen LogP contribution in [0.5, 0.6) is 0 Å². The second kappa shape index (κ2) is 7.60. The molecule has 0 spiro atoms. The Labute approximate surface area is 163 Å². The molecule has 0 saturated carbocycles. The summed E-state index contributed by atoms with van der Waals surface area (Å²) < 4.78 is 1.79. The van der Waals surface area contributed by atoms with Crippen molar-refractivity contribution in [3.63, 3.8) is 0 Å². The molecule has 0 aliphatic carbocycles. The lowest BCUT2D eigenvalue weighted by molar-refractivity contribution is 0.0935. The van der Waals surface area contributed by atoms with Crippen molar-refractivity contribution in [2.75, 3.05) is 0 Å². The van der Waals surface area contributed by atoms with E-state index in [4.69, 9.17) is 4.98 Å². The highest BCUT2D eigenvalue weighted by molar-refractivity contribution is 6.07. The molecular formula is C22H21N5O. The molecule has 1 atom stereocenters. The molecule has 4 aromatic rings. The number of carbonyl (C=O) groups excluding carboxylic acids is 1. The van der Waals surface area contributed by atoms with Gasteiger partial charge in [0.15, 0.2) is 0 Å². The van der Waals surface area contributed by atoms with Crippen molar-refractivity contribution < 1.29 is 4.79 Å². The van der Waals surface area contributed by atoms with E-state index in [1.54, 1.807) is 23.3 Å². The molecule has 28 heavy (non-hydrogen) atoms. The standard InChI is InChI=1S/C22H21N5O/c1-3-18(21-10-13-24-27(21)2)26-22(28)17-14-20(15-8-11-23-12-9-15)25-19-7-5-4-6-16(17)19/h4-14,18H,3H2,1-2H3,(H,26,28)/t18-/m1/s1. The van der Waals surface area contributed by atoms with Crippen LogP contribution in [0.2, 0.25) is 0 Å². The number of benzene rings is 1. The molecule has 6 nitrogen and oxygen atoms in total. The number of hydrogen-bond acceptors (Lipinski definition) is 4. The van der Waals surface area contributed by atoms with Gasteiger partial charge in [-0.3, -0.25) is 14.5 Å².